The first kappa shape index (κ1) is 31.0. The number of sulfonamides is 1. The van der Waals surface area contributed by atoms with E-state index in [-0.39, 0.29) is 23.9 Å². The molecule has 4 rings (SSSR count). The molecule has 1 heterocycles. The Bertz CT molecular complexity index is 1470. The van der Waals surface area contributed by atoms with Crippen LogP contribution in [0.3, 0.4) is 0 Å². The number of nitrogens with zero attached hydrogens (tertiary/aromatic N) is 3. The molecular formula is C27H33FI2N6O3S. The Morgan fingerprint density at radius 1 is 1.18 bits per heavy atom. The highest BCUT2D eigenvalue weighted by Gasteiger charge is 2.29. The van der Waals surface area contributed by atoms with E-state index in [0.29, 0.717) is 23.2 Å². The van der Waals surface area contributed by atoms with Crippen molar-refractivity contribution in [3.8, 4) is 5.75 Å². The van der Waals surface area contributed by atoms with Crippen molar-refractivity contribution in [1.82, 2.24) is 15.3 Å². The number of aryl methyl sites for hydroxylation is 1. The molecule has 9 nitrogen and oxygen atoms in total. The zero-order valence-corrected chi connectivity index (χ0v) is 27.9. The molecule has 0 amide bonds. The van der Waals surface area contributed by atoms with E-state index < -0.39 is 11.7 Å². The summed E-state index contributed by atoms with van der Waals surface area (Å²) in [5.41, 5.74) is 4.23. The highest BCUT2D eigenvalue weighted by molar-refractivity contribution is 14.2. The smallest absolute Gasteiger partial charge is 0.240 e. The maximum Gasteiger partial charge on any atom is 0.240 e. The number of hydrogen-bond donors (Lipinski definition) is 3. The van der Waals surface area contributed by atoms with E-state index in [1.165, 1.54) is 36.8 Å². The van der Waals surface area contributed by atoms with Crippen molar-refractivity contribution >= 4 is 78.3 Å². The number of aromatic nitrogens is 2. The zero-order valence-electron chi connectivity index (χ0n) is 22.8. The molecule has 1 saturated carbocycles. The fourth-order valence-electron chi connectivity index (χ4n) is 4.20. The lowest BCUT2D eigenvalue weighted by atomic mass is 9.93. The number of alkyl halides is 3. The minimum Gasteiger partial charge on any atom is -0.495 e. The summed E-state index contributed by atoms with van der Waals surface area (Å²) >= 11 is 3.38. The summed E-state index contributed by atoms with van der Waals surface area (Å²) in [6.45, 7) is 2.88. The molecule has 1 aliphatic carbocycles. The Hall–Kier alpha value is -1.98. The van der Waals surface area contributed by atoms with Crippen molar-refractivity contribution in [3.05, 3.63) is 64.8 Å². The Morgan fingerprint density at radius 2 is 1.93 bits per heavy atom. The first-order valence-corrected chi connectivity index (χ1v) is 16.7. The molecule has 1 aromatic heterocycles. The Labute approximate surface area is 262 Å². The molecule has 40 heavy (non-hydrogen) atoms. The summed E-state index contributed by atoms with van der Waals surface area (Å²) in [6, 6.07) is 12.0. The number of halogens is 3. The van der Waals surface area contributed by atoms with E-state index in [1.807, 2.05) is 37.3 Å². The first-order valence-electron chi connectivity index (χ1n) is 12.7. The Balaban J connectivity index is 1.58. The second-order valence-corrected chi connectivity index (χ2v) is 16.9. The monoisotopic (exact) mass is 794 g/mol. The molecule has 0 bridgehead atoms. The molecule has 2 aromatic carbocycles. The van der Waals surface area contributed by atoms with Gasteiger partial charge in [0.05, 0.1) is 30.3 Å². The summed E-state index contributed by atoms with van der Waals surface area (Å²) in [4.78, 5) is 8.94. The molecule has 1 aliphatic rings. The van der Waals surface area contributed by atoms with Gasteiger partial charge in [0.25, 0.3) is 0 Å². The van der Waals surface area contributed by atoms with Gasteiger partial charge in [-0.15, -0.1) is 0 Å². The third kappa shape index (κ3) is 7.85. The predicted octanol–water partition coefficient (Wildman–Crippen LogP) is 6.14. The number of hydrogen-bond acceptors (Lipinski definition) is 8. The average Bonchev–Trinajstić information content (AvgIpc) is 2.86. The molecule has 216 valence electrons. The summed E-state index contributed by atoms with van der Waals surface area (Å²) < 4.78 is 44.7. The molecule has 3 N–H and O–H groups in total. The van der Waals surface area contributed by atoms with E-state index in [1.54, 1.807) is 58.4 Å². The molecule has 0 atom stereocenters. The quantitative estimate of drug-likeness (QED) is 0.149. The van der Waals surface area contributed by atoms with Crippen LogP contribution in [0.1, 0.15) is 41.5 Å². The van der Waals surface area contributed by atoms with Gasteiger partial charge in [0, 0.05) is 32.4 Å². The SMILES string of the molecule is COc1cc(CNC2CCC2)ccc1Nc1ncc(C(F)(I)I)c(NCc2ccc(C)cc2N(C)S(C)(=O)=O)n1. The van der Waals surface area contributed by atoms with E-state index in [4.69, 9.17) is 4.74 Å². The van der Waals surface area contributed by atoms with Crippen LogP contribution in [0.15, 0.2) is 42.6 Å². The van der Waals surface area contributed by atoms with Crippen molar-refractivity contribution < 1.29 is 17.5 Å². The van der Waals surface area contributed by atoms with E-state index in [9.17, 15) is 8.42 Å². The largest absolute Gasteiger partial charge is 0.495 e. The van der Waals surface area contributed by atoms with Crippen LogP contribution in [-0.4, -0.2) is 44.8 Å². The van der Waals surface area contributed by atoms with Crippen LogP contribution in [0.2, 0.25) is 0 Å². The van der Waals surface area contributed by atoms with Gasteiger partial charge in [0.2, 0.25) is 17.7 Å². The molecule has 0 aliphatic heterocycles. The first-order chi connectivity index (χ1) is 18.8. The third-order valence-corrected chi connectivity index (χ3v) is 9.18. The van der Waals surface area contributed by atoms with Gasteiger partial charge in [0.15, 0.2) is 0 Å². The van der Waals surface area contributed by atoms with Gasteiger partial charge in [-0.2, -0.15) is 4.98 Å². The predicted molar refractivity (Wildman–Crippen MR) is 175 cm³/mol. The molecule has 3 aromatic rings. The Kier molecular flexibility index (Phi) is 9.99. The second-order valence-electron chi connectivity index (χ2n) is 9.84. The summed E-state index contributed by atoms with van der Waals surface area (Å²) in [5.74, 6) is 1.20. The highest BCUT2D eigenvalue weighted by atomic mass is 127. The number of nitrogens with one attached hydrogen (secondary N) is 3. The standard InChI is InChI=1S/C27H33FI2N6O3S/c1-17-8-10-19(23(12-17)36(2)40(4,37)38)15-32-25-21(27(28,29)30)16-33-26(35-25)34-22-11-9-18(13-24(22)39-3)14-31-20-6-5-7-20/h8-13,16,20,31H,5-7,14-15H2,1-4H3,(H2,32,33,34,35). The number of methoxy groups -OCH3 is 1. The molecule has 0 spiro atoms. The number of anilines is 4. The highest BCUT2D eigenvalue weighted by Crippen LogP contribution is 2.44. The molecule has 0 radical (unpaired) electrons. The zero-order chi connectivity index (χ0) is 29.1. The lowest BCUT2D eigenvalue weighted by molar-refractivity contribution is 0.338. The third-order valence-electron chi connectivity index (χ3n) is 6.83. The van der Waals surface area contributed by atoms with E-state index in [2.05, 4.69) is 25.9 Å². The summed E-state index contributed by atoms with van der Waals surface area (Å²) in [6.07, 6.45) is 6.31. The average molecular weight is 794 g/mol. The summed E-state index contributed by atoms with van der Waals surface area (Å²) in [7, 11) is -0.357. The van der Waals surface area contributed by atoms with Crippen LogP contribution in [0.25, 0.3) is 0 Å². The topological polar surface area (TPSA) is 108 Å². The number of benzene rings is 2. The van der Waals surface area contributed by atoms with Crippen molar-refractivity contribution in [1.29, 1.82) is 0 Å². The van der Waals surface area contributed by atoms with Gasteiger partial charge in [0.1, 0.15) is 11.6 Å². The molecule has 1 fully saturated rings. The molecule has 0 unspecified atom stereocenters. The number of rotatable bonds is 12. The Morgan fingerprint density at radius 3 is 2.55 bits per heavy atom. The van der Waals surface area contributed by atoms with Gasteiger partial charge in [-0.25, -0.2) is 17.8 Å². The van der Waals surface area contributed by atoms with Gasteiger partial charge in [-0.3, -0.25) is 4.31 Å². The van der Waals surface area contributed by atoms with Gasteiger partial charge in [-0.05, 0) is 99.8 Å². The second kappa shape index (κ2) is 12.9. The fraction of sp³-hybridized carbons (Fsp3) is 0.407. The normalized spacial score (nSPS) is 14.0. The number of ether oxygens (including phenoxy) is 1. The van der Waals surface area contributed by atoms with Gasteiger partial charge < -0.3 is 20.7 Å². The minimum absolute atomic E-state index is 0.217. The van der Waals surface area contributed by atoms with Crippen LogP contribution < -0.4 is 25.0 Å². The van der Waals surface area contributed by atoms with Crippen molar-refractivity contribution in [2.75, 3.05) is 35.4 Å². The molecule has 0 saturated heterocycles. The fourth-order valence-corrected chi connectivity index (χ4v) is 5.52. The minimum atomic E-state index is -3.48. The molecular weight excluding hydrogens is 761 g/mol. The van der Waals surface area contributed by atoms with Crippen molar-refractivity contribution in [3.63, 3.8) is 0 Å². The van der Waals surface area contributed by atoms with E-state index >= 15 is 4.39 Å². The van der Waals surface area contributed by atoms with Crippen LogP contribution in [0.4, 0.5) is 27.5 Å². The van der Waals surface area contributed by atoms with Crippen LogP contribution in [0.5, 0.6) is 5.75 Å². The van der Waals surface area contributed by atoms with Crippen molar-refractivity contribution in [2.45, 2.75) is 47.0 Å². The summed E-state index contributed by atoms with van der Waals surface area (Å²) in [5, 5.41) is 9.94. The van der Waals surface area contributed by atoms with Crippen molar-refractivity contribution in [2.24, 2.45) is 0 Å². The molecule has 13 heteroatoms. The van der Waals surface area contributed by atoms with Crippen LogP contribution in [-0.2, 0) is 24.8 Å². The lowest BCUT2D eigenvalue weighted by Crippen LogP contribution is -2.34. The van der Waals surface area contributed by atoms with E-state index in [0.717, 1.165) is 29.5 Å². The lowest BCUT2D eigenvalue weighted by Gasteiger charge is -2.26. The van der Waals surface area contributed by atoms with Crippen LogP contribution in [0, 0.1) is 6.92 Å². The maximum absolute atomic E-state index is 15.1. The van der Waals surface area contributed by atoms with Gasteiger partial charge in [-0.1, -0.05) is 24.6 Å². The van der Waals surface area contributed by atoms with Crippen LogP contribution >= 0.6 is 45.2 Å². The maximum atomic E-state index is 15.1. The van der Waals surface area contributed by atoms with Gasteiger partial charge >= 0.3 is 0 Å².